The molecule has 0 atom stereocenters. The number of amides is 2. The van der Waals surface area contributed by atoms with Crippen LogP contribution < -0.4 is 4.74 Å². The summed E-state index contributed by atoms with van der Waals surface area (Å²) in [5.74, 6) is -2.75. The first kappa shape index (κ1) is 28.8. The Morgan fingerprint density at radius 2 is 1.79 bits per heavy atom. The molecule has 1 aliphatic heterocycles. The van der Waals surface area contributed by atoms with Crippen molar-refractivity contribution in [2.45, 2.75) is 26.4 Å². The summed E-state index contributed by atoms with van der Waals surface area (Å²) in [5, 5.41) is 9.51. The van der Waals surface area contributed by atoms with E-state index in [1.807, 2.05) is 0 Å². The summed E-state index contributed by atoms with van der Waals surface area (Å²) in [7, 11) is 0. The van der Waals surface area contributed by atoms with Crippen LogP contribution in [-0.2, 0) is 16.2 Å². The van der Waals surface area contributed by atoms with Gasteiger partial charge in [-0.1, -0.05) is 24.3 Å². The van der Waals surface area contributed by atoms with Crippen LogP contribution in [0.1, 0.15) is 35.7 Å². The number of likely N-dealkylation sites (tertiary alicyclic amines) is 1. The maximum atomic E-state index is 14.1. The highest BCUT2D eigenvalue weighted by Gasteiger charge is 2.26. The summed E-state index contributed by atoms with van der Waals surface area (Å²) in [6, 6.07) is 16.2. The molecule has 0 spiro atoms. The van der Waals surface area contributed by atoms with E-state index in [0.717, 1.165) is 6.07 Å². The summed E-state index contributed by atoms with van der Waals surface area (Å²) < 4.78 is 39.4. The Kier molecular flexibility index (Phi) is 8.51. The minimum absolute atomic E-state index is 0.0143. The monoisotopic (exact) mass is 576 g/mol. The molecular weight excluding hydrogens is 546 g/mol. The number of aliphatic carboxylic acids is 1. The number of benzene rings is 3. The third-order valence-corrected chi connectivity index (χ3v) is 7.52. The van der Waals surface area contributed by atoms with Gasteiger partial charge in [-0.05, 0) is 66.3 Å². The average Bonchev–Trinajstić information content (AvgIpc) is 3.48. The van der Waals surface area contributed by atoms with E-state index in [1.165, 1.54) is 24.2 Å². The second kappa shape index (κ2) is 12.4. The van der Waals surface area contributed by atoms with Crippen LogP contribution in [0.3, 0.4) is 0 Å². The second-order valence-electron chi connectivity index (χ2n) is 10.4. The van der Waals surface area contributed by atoms with Crippen molar-refractivity contribution >= 4 is 28.8 Å². The van der Waals surface area contributed by atoms with Gasteiger partial charge < -0.3 is 24.1 Å². The summed E-state index contributed by atoms with van der Waals surface area (Å²) in [4.78, 5) is 39.6. The standard InChI is InChI=1S/C32H30F2N2O6/c1-20(37)35-12-9-21(10-13-35)17-36(18-29(38)39)32(40)24-4-2-3-22(15-24)19-42-25-7-5-23(6-8-25)27-16-28(33)30(34)26-11-14-41-31(26)27/h2-8,11,14-16,21H,9-10,12-13,17-19H2,1H3,(H,38,39). The lowest BCUT2D eigenvalue weighted by Gasteiger charge is -2.34. The van der Waals surface area contributed by atoms with Gasteiger partial charge in [-0.2, -0.15) is 0 Å². The van der Waals surface area contributed by atoms with E-state index in [-0.39, 0.29) is 35.3 Å². The van der Waals surface area contributed by atoms with Gasteiger partial charge in [0.25, 0.3) is 5.91 Å². The van der Waals surface area contributed by atoms with Gasteiger partial charge in [0, 0.05) is 37.7 Å². The Balaban J connectivity index is 1.24. The molecule has 42 heavy (non-hydrogen) atoms. The van der Waals surface area contributed by atoms with Crippen LogP contribution in [-0.4, -0.2) is 58.9 Å². The molecule has 2 amide bonds. The van der Waals surface area contributed by atoms with Gasteiger partial charge in [0.2, 0.25) is 5.91 Å². The van der Waals surface area contributed by atoms with Gasteiger partial charge in [0.1, 0.15) is 24.5 Å². The van der Waals surface area contributed by atoms with Gasteiger partial charge in [0.15, 0.2) is 11.6 Å². The number of hydrogen-bond donors (Lipinski definition) is 1. The predicted molar refractivity (Wildman–Crippen MR) is 151 cm³/mol. The largest absolute Gasteiger partial charge is 0.489 e. The lowest BCUT2D eigenvalue weighted by Crippen LogP contribution is -2.43. The first-order valence-electron chi connectivity index (χ1n) is 13.6. The molecule has 2 heterocycles. The quantitative estimate of drug-likeness (QED) is 0.273. The molecule has 1 fully saturated rings. The van der Waals surface area contributed by atoms with Gasteiger partial charge in [0.05, 0.1) is 11.6 Å². The molecule has 1 saturated heterocycles. The highest BCUT2D eigenvalue weighted by Crippen LogP contribution is 2.33. The molecule has 10 heteroatoms. The van der Waals surface area contributed by atoms with Crippen molar-refractivity contribution in [3.8, 4) is 16.9 Å². The normalized spacial score (nSPS) is 13.7. The van der Waals surface area contributed by atoms with E-state index in [0.29, 0.717) is 60.5 Å². The molecule has 218 valence electrons. The molecule has 4 aromatic rings. The molecule has 3 aromatic carbocycles. The van der Waals surface area contributed by atoms with Crippen LogP contribution in [0.4, 0.5) is 8.78 Å². The summed E-state index contributed by atoms with van der Waals surface area (Å²) >= 11 is 0. The average molecular weight is 577 g/mol. The fourth-order valence-electron chi connectivity index (χ4n) is 5.29. The van der Waals surface area contributed by atoms with Crippen molar-refractivity contribution in [2.24, 2.45) is 5.92 Å². The maximum absolute atomic E-state index is 14.1. The van der Waals surface area contributed by atoms with Crippen LogP contribution >= 0.6 is 0 Å². The molecule has 0 saturated carbocycles. The van der Waals surface area contributed by atoms with E-state index in [4.69, 9.17) is 9.15 Å². The Labute approximate surface area is 241 Å². The summed E-state index contributed by atoms with van der Waals surface area (Å²) in [5.41, 5.74) is 2.37. The van der Waals surface area contributed by atoms with Crippen LogP contribution in [0.25, 0.3) is 22.1 Å². The Hall–Kier alpha value is -4.73. The number of carbonyl (C=O) groups is 3. The molecule has 1 N–H and O–H groups in total. The number of carboxylic acids is 1. The highest BCUT2D eigenvalue weighted by atomic mass is 19.2. The summed E-state index contributed by atoms with van der Waals surface area (Å²) in [6.45, 7) is 2.75. The molecule has 0 radical (unpaired) electrons. The van der Waals surface area contributed by atoms with Gasteiger partial charge in [-0.3, -0.25) is 14.4 Å². The zero-order chi connectivity index (χ0) is 29.8. The Bertz CT molecular complexity index is 1610. The van der Waals surface area contributed by atoms with Crippen LogP contribution in [0.2, 0.25) is 0 Å². The predicted octanol–water partition coefficient (Wildman–Crippen LogP) is 5.74. The Morgan fingerprint density at radius 3 is 2.48 bits per heavy atom. The van der Waals surface area contributed by atoms with E-state index < -0.39 is 24.1 Å². The van der Waals surface area contributed by atoms with Crippen LogP contribution in [0, 0.1) is 17.6 Å². The van der Waals surface area contributed by atoms with Crippen molar-refractivity contribution in [1.82, 2.24) is 9.80 Å². The van der Waals surface area contributed by atoms with Crippen molar-refractivity contribution in [1.29, 1.82) is 0 Å². The zero-order valence-corrected chi connectivity index (χ0v) is 23.0. The number of nitrogens with zero attached hydrogens (tertiary/aromatic N) is 2. The molecule has 5 rings (SSSR count). The fraction of sp³-hybridized carbons (Fsp3) is 0.281. The minimum atomic E-state index is -1.09. The van der Waals surface area contributed by atoms with E-state index in [1.54, 1.807) is 53.4 Å². The van der Waals surface area contributed by atoms with E-state index >= 15 is 0 Å². The number of furan rings is 1. The number of rotatable bonds is 9. The first-order valence-corrected chi connectivity index (χ1v) is 13.6. The van der Waals surface area contributed by atoms with Crippen molar-refractivity contribution in [3.05, 3.63) is 89.7 Å². The molecule has 1 aromatic heterocycles. The van der Waals surface area contributed by atoms with Gasteiger partial charge in [-0.25, -0.2) is 8.78 Å². The number of hydrogen-bond acceptors (Lipinski definition) is 5. The SMILES string of the molecule is CC(=O)N1CCC(CN(CC(=O)O)C(=O)c2cccc(COc3ccc(-c4cc(F)c(F)c5ccoc45)cc3)c2)CC1. The fourth-order valence-corrected chi connectivity index (χ4v) is 5.29. The number of carboxylic acid groups (broad SMARTS) is 1. The Morgan fingerprint density at radius 1 is 1.05 bits per heavy atom. The molecule has 0 aliphatic carbocycles. The van der Waals surface area contributed by atoms with E-state index in [9.17, 15) is 28.3 Å². The minimum Gasteiger partial charge on any atom is -0.489 e. The van der Waals surface area contributed by atoms with Crippen molar-refractivity contribution < 1.29 is 37.4 Å². The molecule has 1 aliphatic rings. The third kappa shape index (κ3) is 6.43. The topological polar surface area (TPSA) is 100 Å². The van der Waals surface area contributed by atoms with Gasteiger partial charge >= 0.3 is 5.97 Å². The number of halogens is 2. The lowest BCUT2D eigenvalue weighted by molar-refractivity contribution is -0.137. The van der Waals surface area contributed by atoms with Crippen LogP contribution in [0.5, 0.6) is 5.75 Å². The molecule has 0 bridgehead atoms. The van der Waals surface area contributed by atoms with Crippen molar-refractivity contribution in [2.75, 3.05) is 26.2 Å². The zero-order valence-electron chi connectivity index (χ0n) is 23.0. The second-order valence-corrected chi connectivity index (χ2v) is 10.4. The molecule has 0 unspecified atom stereocenters. The highest BCUT2D eigenvalue weighted by molar-refractivity contribution is 5.96. The number of ether oxygens (including phenoxy) is 1. The number of piperidine rings is 1. The first-order chi connectivity index (χ1) is 20.2. The number of carbonyl (C=O) groups excluding carboxylic acids is 2. The maximum Gasteiger partial charge on any atom is 0.323 e. The third-order valence-electron chi connectivity index (χ3n) is 7.52. The van der Waals surface area contributed by atoms with E-state index in [2.05, 4.69) is 0 Å². The molecular formula is C32H30F2N2O6. The molecule has 8 nitrogen and oxygen atoms in total. The lowest BCUT2D eigenvalue weighted by atomic mass is 9.95. The number of fused-ring (bicyclic) bond motifs is 1. The smallest absolute Gasteiger partial charge is 0.323 e. The van der Waals surface area contributed by atoms with Crippen molar-refractivity contribution in [3.63, 3.8) is 0 Å². The van der Waals surface area contributed by atoms with Gasteiger partial charge in [-0.15, -0.1) is 0 Å². The van der Waals surface area contributed by atoms with Crippen LogP contribution in [0.15, 0.2) is 71.3 Å². The summed E-state index contributed by atoms with van der Waals surface area (Å²) in [6.07, 6.45) is 2.73.